The Morgan fingerprint density at radius 1 is 1.25 bits per heavy atom. The summed E-state index contributed by atoms with van der Waals surface area (Å²) in [5.74, 6) is -3.82. The van der Waals surface area contributed by atoms with Gasteiger partial charge in [-0.15, -0.1) is 0 Å². The minimum absolute atomic E-state index is 0.0168. The molecule has 40 heavy (non-hydrogen) atoms. The molecule has 0 amide bonds. The molecule has 0 saturated carbocycles. The number of aromatic nitrogens is 2. The molecule has 0 aliphatic carbocycles. The Morgan fingerprint density at radius 3 is 2.58 bits per heavy atom. The molecular weight excluding hydrogens is 610 g/mol. The van der Waals surface area contributed by atoms with Gasteiger partial charge in [-0.05, 0) is 41.9 Å². The highest BCUT2D eigenvalue weighted by molar-refractivity contribution is 7.48. The van der Waals surface area contributed by atoms with E-state index < -0.39 is 63.9 Å². The molecule has 4 rings (SSSR count). The number of nitrogens with two attached hydrogens (primary N) is 1. The van der Waals surface area contributed by atoms with Crippen molar-refractivity contribution in [2.75, 3.05) is 18.9 Å². The lowest BCUT2D eigenvalue weighted by Gasteiger charge is -2.40. The summed E-state index contributed by atoms with van der Waals surface area (Å²) in [6.07, 6.45) is -4.64. The van der Waals surface area contributed by atoms with Gasteiger partial charge in [0.1, 0.15) is 18.0 Å². The third-order valence-corrected chi connectivity index (χ3v) is 14.0. The molecule has 222 valence electrons. The first kappa shape index (κ1) is 31.5. The normalized spacial score (nSPS) is 29.0. The Hall–Kier alpha value is -1.41. The molecule has 1 aromatic carbocycles. The van der Waals surface area contributed by atoms with Crippen LogP contribution in [0.4, 0.5) is 14.6 Å². The predicted octanol–water partition coefficient (Wildman–Crippen LogP) is 6.36. The fourth-order valence-electron chi connectivity index (χ4n) is 4.03. The van der Waals surface area contributed by atoms with Crippen LogP contribution in [-0.2, 0) is 27.3 Å². The SMILES string of the molecule is CC(C)(C)[Si](C)(C)O[C@@H]1[C@@H](COP2(=O)OCC[C@H](c3ccc(Cl)c(Cl)c3)O2)O[C@@H](n2ccc(N)nc2=O)C1(F)F. The Bertz CT molecular complexity index is 1360. The van der Waals surface area contributed by atoms with E-state index in [2.05, 4.69) is 4.98 Å². The number of halogens is 4. The number of phosphoric ester groups is 1. The fourth-order valence-corrected chi connectivity index (χ4v) is 7.03. The highest BCUT2D eigenvalue weighted by atomic mass is 35.5. The molecule has 16 heteroatoms. The van der Waals surface area contributed by atoms with Gasteiger partial charge >= 0.3 is 19.4 Å². The molecule has 2 aliphatic rings. The summed E-state index contributed by atoms with van der Waals surface area (Å²) in [6, 6.07) is 6.03. The number of alkyl halides is 2. The topological polar surface area (TPSA) is 124 Å². The van der Waals surface area contributed by atoms with Crippen molar-refractivity contribution in [1.82, 2.24) is 9.55 Å². The quantitative estimate of drug-likeness (QED) is 0.272. The van der Waals surface area contributed by atoms with Gasteiger partial charge in [0.15, 0.2) is 8.32 Å². The highest BCUT2D eigenvalue weighted by Crippen LogP contribution is 2.58. The summed E-state index contributed by atoms with van der Waals surface area (Å²) in [5, 5.41) is 0.200. The van der Waals surface area contributed by atoms with Crippen LogP contribution in [0.1, 0.15) is 45.1 Å². The van der Waals surface area contributed by atoms with Gasteiger partial charge in [0, 0.05) is 12.6 Å². The van der Waals surface area contributed by atoms with Crippen LogP contribution < -0.4 is 11.4 Å². The third kappa shape index (κ3) is 6.48. The molecule has 3 heterocycles. The molecule has 2 fully saturated rings. The number of benzene rings is 1. The number of nitrogen functional groups attached to an aromatic ring is 1. The molecule has 10 nitrogen and oxygen atoms in total. The largest absolute Gasteiger partial charge is 0.475 e. The average Bonchev–Trinajstić information content (AvgIpc) is 3.08. The van der Waals surface area contributed by atoms with Crippen molar-refractivity contribution in [2.24, 2.45) is 0 Å². The van der Waals surface area contributed by atoms with Crippen LogP contribution in [0.3, 0.4) is 0 Å². The Morgan fingerprint density at radius 2 is 1.95 bits per heavy atom. The minimum atomic E-state index is -4.22. The first-order valence-electron chi connectivity index (χ1n) is 12.5. The summed E-state index contributed by atoms with van der Waals surface area (Å²) >= 11 is 12.1. The van der Waals surface area contributed by atoms with Gasteiger partial charge in [0.2, 0.25) is 6.23 Å². The smallest absolute Gasteiger partial charge is 0.405 e. The van der Waals surface area contributed by atoms with Gasteiger partial charge < -0.3 is 14.9 Å². The van der Waals surface area contributed by atoms with E-state index in [1.54, 1.807) is 18.2 Å². The maximum atomic E-state index is 16.0. The van der Waals surface area contributed by atoms with Crippen LogP contribution in [-0.4, -0.2) is 49.2 Å². The Kier molecular flexibility index (Phi) is 8.94. The Balaban J connectivity index is 1.59. The maximum Gasteiger partial charge on any atom is 0.475 e. The lowest BCUT2D eigenvalue weighted by atomic mass is 10.1. The maximum absolute atomic E-state index is 16.0. The van der Waals surface area contributed by atoms with Crippen LogP contribution in [0.25, 0.3) is 0 Å². The standard InChI is InChI=1S/C24H32Cl2F2N3O7PSi/c1-23(2,3)40(4,5)38-20-18(36-21(24(20,27)28)31-10-8-19(29)30-22(31)32)13-35-39(33)34-11-9-17(37-39)14-6-7-15(25)16(26)12-14/h6-8,10,12,17-18,20-21H,9,11,13H2,1-5H3,(H2,29,30,32)/t17-,18-,20-,21-,39?/m1/s1. The second-order valence-electron chi connectivity index (χ2n) is 11.2. The monoisotopic (exact) mass is 641 g/mol. The summed E-state index contributed by atoms with van der Waals surface area (Å²) < 4.78 is 74.3. The van der Waals surface area contributed by atoms with Crippen LogP contribution >= 0.6 is 31.0 Å². The molecule has 0 radical (unpaired) electrons. The molecular formula is C24H32Cl2F2N3O7PSi. The first-order chi connectivity index (χ1) is 18.4. The highest BCUT2D eigenvalue weighted by Gasteiger charge is 2.63. The summed E-state index contributed by atoms with van der Waals surface area (Å²) in [4.78, 5) is 16.0. The first-order valence-corrected chi connectivity index (χ1v) is 17.6. The minimum Gasteiger partial charge on any atom is -0.405 e. The zero-order valence-corrected chi connectivity index (χ0v) is 26.0. The van der Waals surface area contributed by atoms with Crippen molar-refractivity contribution in [1.29, 1.82) is 0 Å². The third-order valence-electron chi connectivity index (χ3n) is 7.28. The Labute approximate surface area is 241 Å². The number of ether oxygens (including phenoxy) is 1. The molecule has 1 aromatic heterocycles. The van der Waals surface area contributed by atoms with Crippen molar-refractivity contribution < 1.29 is 36.1 Å². The zero-order valence-electron chi connectivity index (χ0n) is 22.6. The van der Waals surface area contributed by atoms with Crippen molar-refractivity contribution >= 4 is 45.2 Å². The van der Waals surface area contributed by atoms with Crippen LogP contribution in [0.15, 0.2) is 35.3 Å². The predicted molar refractivity (Wildman–Crippen MR) is 148 cm³/mol. The van der Waals surface area contributed by atoms with Crippen molar-refractivity contribution in [3.63, 3.8) is 0 Å². The van der Waals surface area contributed by atoms with E-state index >= 15 is 8.78 Å². The van der Waals surface area contributed by atoms with Gasteiger partial charge in [0.25, 0.3) is 0 Å². The van der Waals surface area contributed by atoms with E-state index in [-0.39, 0.29) is 17.4 Å². The van der Waals surface area contributed by atoms with Crippen molar-refractivity contribution in [3.8, 4) is 0 Å². The zero-order chi connectivity index (χ0) is 29.7. The molecule has 2 aromatic rings. The number of nitrogens with zero attached hydrogens (tertiary/aromatic N) is 2. The van der Waals surface area contributed by atoms with Crippen LogP contribution in [0.2, 0.25) is 28.2 Å². The molecule has 0 spiro atoms. The van der Waals surface area contributed by atoms with Gasteiger partial charge in [-0.1, -0.05) is 50.0 Å². The fraction of sp³-hybridized carbons (Fsp3) is 0.583. The summed E-state index contributed by atoms with van der Waals surface area (Å²) in [6.45, 7) is 8.70. The van der Waals surface area contributed by atoms with Crippen LogP contribution in [0.5, 0.6) is 0 Å². The van der Waals surface area contributed by atoms with Crippen LogP contribution in [0, 0.1) is 0 Å². The lowest BCUT2D eigenvalue weighted by Crippen LogP contribution is -2.52. The molecule has 2 N–H and O–H groups in total. The van der Waals surface area contributed by atoms with Gasteiger partial charge in [-0.25, -0.2) is 9.36 Å². The van der Waals surface area contributed by atoms with Gasteiger partial charge in [-0.2, -0.15) is 13.8 Å². The molecule has 0 bridgehead atoms. The lowest BCUT2D eigenvalue weighted by molar-refractivity contribution is -0.138. The van der Waals surface area contributed by atoms with Gasteiger partial charge in [-0.3, -0.25) is 18.1 Å². The number of hydrogen-bond donors (Lipinski definition) is 1. The van der Waals surface area contributed by atoms with Crippen molar-refractivity contribution in [3.05, 3.63) is 56.6 Å². The summed E-state index contributed by atoms with van der Waals surface area (Å²) in [7, 11) is -7.02. The summed E-state index contributed by atoms with van der Waals surface area (Å²) in [5.41, 5.74) is 5.11. The molecule has 1 unspecified atom stereocenters. The van der Waals surface area contributed by atoms with E-state index in [9.17, 15) is 9.36 Å². The van der Waals surface area contributed by atoms with Gasteiger partial charge in [0.05, 0.1) is 29.4 Å². The average molecular weight is 642 g/mol. The van der Waals surface area contributed by atoms with E-state index in [1.165, 1.54) is 6.07 Å². The van der Waals surface area contributed by atoms with Crippen molar-refractivity contribution in [2.45, 2.75) is 75.8 Å². The number of anilines is 1. The number of phosphoric acid groups is 1. The second kappa shape index (κ2) is 11.3. The van der Waals surface area contributed by atoms with E-state index in [4.69, 9.17) is 51.7 Å². The number of hydrogen-bond acceptors (Lipinski definition) is 9. The van der Waals surface area contributed by atoms with E-state index in [1.807, 2.05) is 33.9 Å². The van der Waals surface area contributed by atoms with E-state index in [0.717, 1.165) is 6.20 Å². The molecule has 2 saturated heterocycles. The molecule has 2 aliphatic heterocycles. The molecule has 5 atom stereocenters. The van der Waals surface area contributed by atoms with E-state index in [0.29, 0.717) is 21.6 Å². The second-order valence-corrected chi connectivity index (χ2v) is 18.4. The number of rotatable bonds is 7.